The van der Waals surface area contributed by atoms with Gasteiger partial charge in [-0.05, 0) is 24.0 Å². The summed E-state index contributed by atoms with van der Waals surface area (Å²) in [7, 11) is 0. The van der Waals surface area contributed by atoms with E-state index >= 15 is 0 Å². The third-order valence-electron chi connectivity index (χ3n) is 3.10. The molecule has 0 amide bonds. The summed E-state index contributed by atoms with van der Waals surface area (Å²) in [6, 6.07) is 8.76. The molecule has 1 aromatic rings. The van der Waals surface area contributed by atoms with E-state index in [0.29, 0.717) is 6.54 Å². The maximum absolute atomic E-state index is 5.87. The Kier molecular flexibility index (Phi) is 5.46. The fourth-order valence-electron chi connectivity index (χ4n) is 2.01. The summed E-state index contributed by atoms with van der Waals surface area (Å²) < 4.78 is 5.34. The summed E-state index contributed by atoms with van der Waals surface area (Å²) >= 11 is 1.75. The molecule has 0 bridgehead atoms. The highest BCUT2D eigenvalue weighted by Gasteiger charge is 2.16. The van der Waals surface area contributed by atoms with Crippen LogP contribution in [0.3, 0.4) is 0 Å². The van der Waals surface area contributed by atoms with Crippen molar-refractivity contribution in [2.75, 3.05) is 39.1 Å². The number of nitrogens with one attached hydrogen (secondary N) is 1. The van der Waals surface area contributed by atoms with Crippen LogP contribution < -0.4 is 11.2 Å². The van der Waals surface area contributed by atoms with Crippen LogP contribution in [0.5, 0.6) is 0 Å². The first-order chi connectivity index (χ1) is 8.83. The van der Waals surface area contributed by atoms with Crippen LogP contribution in [0.4, 0.5) is 0 Å². The van der Waals surface area contributed by atoms with Crippen LogP contribution >= 0.6 is 11.8 Å². The highest BCUT2D eigenvalue weighted by Crippen LogP contribution is 2.19. The molecule has 2 rings (SSSR count). The van der Waals surface area contributed by atoms with Gasteiger partial charge in [-0.15, -0.1) is 11.8 Å². The van der Waals surface area contributed by atoms with Crippen molar-refractivity contribution >= 4 is 11.8 Å². The van der Waals surface area contributed by atoms with Crippen LogP contribution in [-0.2, 0) is 4.74 Å². The van der Waals surface area contributed by atoms with Crippen LogP contribution in [0, 0.1) is 0 Å². The van der Waals surface area contributed by atoms with Crippen LogP contribution in [0.1, 0.15) is 11.6 Å². The smallest absolute Gasteiger partial charge is 0.0608 e. The van der Waals surface area contributed by atoms with Gasteiger partial charge in [0, 0.05) is 24.5 Å². The number of ether oxygens (including phenoxy) is 1. The summed E-state index contributed by atoms with van der Waals surface area (Å²) in [5, 5.41) is 2.20. The molecule has 0 saturated carbocycles. The fraction of sp³-hybridized carbons (Fsp3) is 0.538. The lowest BCUT2D eigenvalue weighted by Gasteiger charge is -2.31. The lowest BCUT2D eigenvalue weighted by atomic mass is 10.1. The number of thioether (sulfide) groups is 1. The number of rotatable bonds is 5. The summed E-state index contributed by atoms with van der Waals surface area (Å²) in [6.45, 7) is 4.00. The first-order valence-corrected chi connectivity index (χ1v) is 7.49. The second-order valence-corrected chi connectivity index (χ2v) is 5.17. The Balaban J connectivity index is 1.97. The van der Waals surface area contributed by atoms with Gasteiger partial charge in [0.15, 0.2) is 0 Å². The summed E-state index contributed by atoms with van der Waals surface area (Å²) in [4.78, 5) is 1.28. The van der Waals surface area contributed by atoms with E-state index in [1.807, 2.05) is 0 Å². The summed E-state index contributed by atoms with van der Waals surface area (Å²) in [5.74, 6) is 0. The molecule has 1 aromatic carbocycles. The number of nitrogens with zero attached hydrogens (tertiary/aromatic N) is 1. The Labute approximate surface area is 113 Å². The largest absolute Gasteiger partial charge is 0.379 e. The molecule has 1 unspecified atom stereocenters. The Bertz CT molecular complexity index is 352. The van der Waals surface area contributed by atoms with Crippen LogP contribution in [0.2, 0.25) is 0 Å². The van der Waals surface area contributed by atoms with E-state index in [2.05, 4.69) is 41.0 Å². The van der Waals surface area contributed by atoms with Gasteiger partial charge in [0.25, 0.3) is 0 Å². The highest BCUT2D eigenvalue weighted by atomic mass is 32.2. The molecular weight excluding hydrogens is 246 g/mol. The van der Waals surface area contributed by atoms with Crippen LogP contribution in [0.25, 0.3) is 0 Å². The predicted molar refractivity (Wildman–Crippen MR) is 75.5 cm³/mol. The Hall–Kier alpha value is -0.590. The van der Waals surface area contributed by atoms with Gasteiger partial charge in [0.05, 0.1) is 19.3 Å². The molecule has 5 heteroatoms. The Morgan fingerprint density at radius 1 is 1.33 bits per heavy atom. The number of hydrogen-bond donors (Lipinski definition) is 2. The van der Waals surface area contributed by atoms with Crippen LogP contribution in [-0.4, -0.2) is 44.1 Å². The van der Waals surface area contributed by atoms with Crippen molar-refractivity contribution < 1.29 is 4.74 Å². The van der Waals surface area contributed by atoms with Crippen molar-refractivity contribution in [1.29, 1.82) is 0 Å². The normalized spacial score (nSPS) is 18.8. The molecular formula is C13H21N3OS. The van der Waals surface area contributed by atoms with E-state index in [1.165, 1.54) is 10.5 Å². The van der Waals surface area contributed by atoms with E-state index in [4.69, 9.17) is 10.5 Å². The molecule has 4 nitrogen and oxygen atoms in total. The Morgan fingerprint density at radius 2 is 2.00 bits per heavy atom. The van der Waals surface area contributed by atoms with Crippen molar-refractivity contribution in [1.82, 2.24) is 10.4 Å². The number of hydrazine groups is 1. The van der Waals surface area contributed by atoms with Crippen LogP contribution in [0.15, 0.2) is 29.2 Å². The van der Waals surface area contributed by atoms with Crippen molar-refractivity contribution in [3.8, 4) is 0 Å². The summed E-state index contributed by atoms with van der Waals surface area (Å²) in [6.07, 6.45) is 2.08. The molecule has 0 radical (unpaired) electrons. The lowest BCUT2D eigenvalue weighted by Crippen LogP contribution is -2.48. The van der Waals surface area contributed by atoms with Gasteiger partial charge in [-0.3, -0.25) is 0 Å². The minimum Gasteiger partial charge on any atom is -0.379 e. The van der Waals surface area contributed by atoms with Gasteiger partial charge in [-0.2, -0.15) is 0 Å². The van der Waals surface area contributed by atoms with Gasteiger partial charge in [0.1, 0.15) is 0 Å². The van der Waals surface area contributed by atoms with Crippen molar-refractivity contribution in [2.45, 2.75) is 10.9 Å². The standard InChI is InChI=1S/C13H21N3OS/c1-18-12-4-2-11(3-5-12)13(10-14)15-16-6-8-17-9-7-16/h2-5,13,15H,6-10,14H2,1H3. The molecule has 0 aromatic heterocycles. The van der Waals surface area contributed by atoms with Crippen molar-refractivity contribution in [2.24, 2.45) is 5.73 Å². The molecule has 3 N–H and O–H groups in total. The molecule has 0 spiro atoms. The molecule has 1 saturated heterocycles. The minimum atomic E-state index is 0.180. The quantitative estimate of drug-likeness (QED) is 0.786. The number of benzene rings is 1. The van der Waals surface area contributed by atoms with E-state index in [1.54, 1.807) is 11.8 Å². The predicted octanol–water partition coefficient (Wildman–Crippen LogP) is 1.25. The third-order valence-corrected chi connectivity index (χ3v) is 3.85. The molecule has 0 aliphatic carbocycles. The van der Waals surface area contributed by atoms with Crippen molar-refractivity contribution in [3.63, 3.8) is 0 Å². The average molecular weight is 267 g/mol. The zero-order valence-corrected chi connectivity index (χ0v) is 11.6. The fourth-order valence-corrected chi connectivity index (χ4v) is 2.42. The zero-order chi connectivity index (χ0) is 12.8. The van der Waals surface area contributed by atoms with Gasteiger partial charge < -0.3 is 10.5 Å². The van der Waals surface area contributed by atoms with E-state index < -0.39 is 0 Å². The molecule has 1 heterocycles. The Morgan fingerprint density at radius 3 is 2.56 bits per heavy atom. The lowest BCUT2D eigenvalue weighted by molar-refractivity contribution is 0.00404. The molecule has 1 fully saturated rings. The SMILES string of the molecule is CSc1ccc(C(CN)NN2CCOCC2)cc1. The second kappa shape index (κ2) is 7.11. The molecule has 1 atom stereocenters. The van der Waals surface area contributed by atoms with Crippen molar-refractivity contribution in [3.05, 3.63) is 29.8 Å². The van der Waals surface area contributed by atoms with Gasteiger partial charge >= 0.3 is 0 Å². The minimum absolute atomic E-state index is 0.180. The zero-order valence-electron chi connectivity index (χ0n) is 10.8. The molecule has 1 aliphatic heterocycles. The van der Waals surface area contributed by atoms with E-state index in [9.17, 15) is 0 Å². The second-order valence-electron chi connectivity index (χ2n) is 4.29. The van der Waals surface area contributed by atoms with Gasteiger partial charge in [0.2, 0.25) is 0 Å². The van der Waals surface area contributed by atoms with Gasteiger partial charge in [-0.25, -0.2) is 10.4 Å². The monoisotopic (exact) mass is 267 g/mol. The number of nitrogens with two attached hydrogens (primary N) is 1. The third kappa shape index (κ3) is 3.70. The number of morpholine rings is 1. The first kappa shape index (κ1) is 13.8. The van der Waals surface area contributed by atoms with E-state index in [0.717, 1.165) is 26.3 Å². The number of hydrogen-bond acceptors (Lipinski definition) is 5. The highest BCUT2D eigenvalue weighted by molar-refractivity contribution is 7.98. The average Bonchev–Trinajstić information content (AvgIpc) is 2.46. The first-order valence-electron chi connectivity index (χ1n) is 6.26. The maximum Gasteiger partial charge on any atom is 0.0608 e. The van der Waals surface area contributed by atoms with E-state index in [-0.39, 0.29) is 6.04 Å². The molecule has 1 aliphatic rings. The molecule has 18 heavy (non-hydrogen) atoms. The summed E-state index contributed by atoms with van der Waals surface area (Å²) in [5.41, 5.74) is 10.6. The van der Waals surface area contributed by atoms with Gasteiger partial charge in [-0.1, -0.05) is 12.1 Å². The topological polar surface area (TPSA) is 50.5 Å². The molecule has 100 valence electrons. The maximum atomic E-state index is 5.87.